The van der Waals surface area contributed by atoms with Gasteiger partial charge in [-0.05, 0) is 58.3 Å². The van der Waals surface area contributed by atoms with E-state index in [1.807, 2.05) is 24.3 Å². The molecule has 0 radical (unpaired) electrons. The van der Waals surface area contributed by atoms with E-state index in [-0.39, 0.29) is 30.1 Å². The van der Waals surface area contributed by atoms with Crippen molar-refractivity contribution in [1.82, 2.24) is 15.1 Å². The highest BCUT2D eigenvalue weighted by molar-refractivity contribution is 14.0. The maximum Gasteiger partial charge on any atom is 0.194 e. The monoisotopic (exact) mass is 502 g/mol. The minimum Gasteiger partial charge on any atom is -0.497 e. The van der Waals surface area contributed by atoms with Crippen LogP contribution >= 0.6 is 24.0 Å². The maximum atomic E-state index is 6.01. The van der Waals surface area contributed by atoms with Crippen LogP contribution in [0.3, 0.4) is 0 Å². The van der Waals surface area contributed by atoms with Crippen molar-refractivity contribution < 1.29 is 9.47 Å². The van der Waals surface area contributed by atoms with Gasteiger partial charge in [0.25, 0.3) is 0 Å². The largest absolute Gasteiger partial charge is 0.497 e. The zero-order chi connectivity index (χ0) is 19.1. The molecule has 2 aliphatic heterocycles. The molecule has 2 fully saturated rings. The lowest BCUT2D eigenvalue weighted by Gasteiger charge is -2.25. The number of hydrogen-bond acceptors (Lipinski definition) is 4. The summed E-state index contributed by atoms with van der Waals surface area (Å²) in [4.78, 5) is 9.91. The zero-order valence-corrected chi connectivity index (χ0v) is 19.7. The summed E-state index contributed by atoms with van der Waals surface area (Å²) in [5, 5.41) is 3.46. The third-order valence-electron chi connectivity index (χ3n) is 5.33. The molecule has 2 saturated heterocycles. The van der Waals surface area contributed by atoms with E-state index in [4.69, 9.17) is 14.5 Å². The summed E-state index contributed by atoms with van der Waals surface area (Å²) in [6.45, 7) is 10.4. The third kappa shape index (κ3) is 6.40. The first kappa shape index (κ1) is 23.1. The van der Waals surface area contributed by atoms with Crippen LogP contribution in [0, 0.1) is 0 Å². The molecular weight excluding hydrogens is 467 g/mol. The first-order valence-corrected chi connectivity index (χ1v) is 10.3. The van der Waals surface area contributed by atoms with E-state index in [1.165, 1.54) is 32.4 Å². The SMILES string of the molecule is CCNC(=NCC(C)Oc1cccc(OC)c1)N1CCC(N2CCCC2)C1.I. The fourth-order valence-electron chi connectivity index (χ4n) is 3.92. The van der Waals surface area contributed by atoms with Gasteiger partial charge in [-0.3, -0.25) is 4.90 Å². The summed E-state index contributed by atoms with van der Waals surface area (Å²) in [6.07, 6.45) is 3.94. The molecule has 7 heteroatoms. The first-order chi connectivity index (χ1) is 13.2. The van der Waals surface area contributed by atoms with Gasteiger partial charge in [-0.25, -0.2) is 4.99 Å². The summed E-state index contributed by atoms with van der Waals surface area (Å²) in [6, 6.07) is 8.41. The number of guanidine groups is 1. The molecule has 0 spiro atoms. The average Bonchev–Trinajstić information content (AvgIpc) is 3.36. The smallest absolute Gasteiger partial charge is 0.194 e. The summed E-state index contributed by atoms with van der Waals surface area (Å²) >= 11 is 0. The van der Waals surface area contributed by atoms with Crippen LogP contribution in [-0.2, 0) is 0 Å². The molecule has 0 bridgehead atoms. The van der Waals surface area contributed by atoms with Crippen molar-refractivity contribution in [3.05, 3.63) is 24.3 Å². The Morgan fingerprint density at radius 1 is 1.25 bits per heavy atom. The van der Waals surface area contributed by atoms with E-state index in [0.717, 1.165) is 37.1 Å². The lowest BCUT2D eigenvalue weighted by molar-refractivity contribution is 0.228. The second kappa shape index (κ2) is 11.7. The fourth-order valence-corrected chi connectivity index (χ4v) is 3.92. The minimum absolute atomic E-state index is 0. The average molecular weight is 502 g/mol. The molecule has 0 aliphatic carbocycles. The molecule has 158 valence electrons. The Kier molecular flexibility index (Phi) is 9.64. The fraction of sp³-hybridized carbons (Fsp3) is 0.667. The van der Waals surface area contributed by atoms with Gasteiger partial charge in [0.15, 0.2) is 5.96 Å². The van der Waals surface area contributed by atoms with Crippen LogP contribution in [0.2, 0.25) is 0 Å². The molecule has 3 rings (SSSR count). The van der Waals surface area contributed by atoms with E-state index in [2.05, 4.69) is 29.0 Å². The number of benzene rings is 1. The van der Waals surface area contributed by atoms with Crippen molar-refractivity contribution >= 4 is 29.9 Å². The number of ether oxygens (including phenoxy) is 2. The highest BCUT2D eigenvalue weighted by atomic mass is 127. The van der Waals surface area contributed by atoms with Crippen molar-refractivity contribution in [2.75, 3.05) is 46.4 Å². The molecule has 0 aromatic heterocycles. The van der Waals surface area contributed by atoms with Crippen molar-refractivity contribution in [3.63, 3.8) is 0 Å². The van der Waals surface area contributed by atoms with Gasteiger partial charge in [0, 0.05) is 31.7 Å². The number of likely N-dealkylation sites (tertiary alicyclic amines) is 2. The van der Waals surface area contributed by atoms with Gasteiger partial charge in [-0.15, -0.1) is 24.0 Å². The first-order valence-electron chi connectivity index (χ1n) is 10.3. The maximum absolute atomic E-state index is 6.01. The normalized spacial score (nSPS) is 21.3. The Morgan fingerprint density at radius 2 is 2.00 bits per heavy atom. The van der Waals surface area contributed by atoms with Crippen molar-refractivity contribution in [2.24, 2.45) is 4.99 Å². The van der Waals surface area contributed by atoms with Crippen LogP contribution < -0.4 is 14.8 Å². The molecule has 2 aliphatic rings. The molecule has 6 nitrogen and oxygen atoms in total. The molecule has 2 heterocycles. The number of methoxy groups -OCH3 is 1. The predicted octanol–water partition coefficient (Wildman–Crippen LogP) is 3.22. The predicted molar refractivity (Wildman–Crippen MR) is 125 cm³/mol. The lowest BCUT2D eigenvalue weighted by atomic mass is 10.2. The topological polar surface area (TPSA) is 49.3 Å². The Balaban J connectivity index is 0.00000280. The molecule has 2 atom stereocenters. The van der Waals surface area contributed by atoms with Crippen molar-refractivity contribution in [2.45, 2.75) is 45.3 Å². The van der Waals surface area contributed by atoms with Gasteiger partial charge >= 0.3 is 0 Å². The van der Waals surface area contributed by atoms with E-state index < -0.39 is 0 Å². The van der Waals surface area contributed by atoms with Gasteiger partial charge in [-0.1, -0.05) is 6.07 Å². The standard InChI is InChI=1S/C21H34N4O2.HI/c1-4-22-21(25-13-10-18(16-25)24-11-5-6-12-24)23-15-17(2)27-20-9-7-8-19(14-20)26-3;/h7-9,14,17-18H,4-6,10-13,15-16H2,1-3H3,(H,22,23);1H. The third-order valence-corrected chi connectivity index (χ3v) is 5.33. The van der Waals surface area contributed by atoms with E-state index in [1.54, 1.807) is 7.11 Å². The highest BCUT2D eigenvalue weighted by Gasteiger charge is 2.30. The van der Waals surface area contributed by atoms with E-state index in [9.17, 15) is 0 Å². The molecule has 2 unspecified atom stereocenters. The van der Waals surface area contributed by atoms with Crippen LogP contribution in [0.1, 0.15) is 33.1 Å². The minimum atomic E-state index is 0. The van der Waals surface area contributed by atoms with Crippen LogP contribution in [0.25, 0.3) is 0 Å². The number of rotatable bonds is 7. The van der Waals surface area contributed by atoms with Crippen molar-refractivity contribution in [3.8, 4) is 11.5 Å². The number of nitrogens with zero attached hydrogens (tertiary/aromatic N) is 3. The lowest BCUT2D eigenvalue weighted by Crippen LogP contribution is -2.43. The zero-order valence-electron chi connectivity index (χ0n) is 17.4. The second-order valence-electron chi connectivity index (χ2n) is 7.43. The van der Waals surface area contributed by atoms with Gasteiger partial charge in [0.1, 0.15) is 17.6 Å². The van der Waals surface area contributed by atoms with Gasteiger partial charge in [0.05, 0.1) is 13.7 Å². The Hall–Kier alpha value is -1.22. The van der Waals surface area contributed by atoms with Gasteiger partial charge in [0.2, 0.25) is 0 Å². The summed E-state index contributed by atoms with van der Waals surface area (Å²) in [5.41, 5.74) is 0. The Morgan fingerprint density at radius 3 is 2.71 bits per heavy atom. The van der Waals surface area contributed by atoms with E-state index >= 15 is 0 Å². The highest BCUT2D eigenvalue weighted by Crippen LogP contribution is 2.21. The van der Waals surface area contributed by atoms with E-state index in [0.29, 0.717) is 12.6 Å². The van der Waals surface area contributed by atoms with Crippen LogP contribution in [0.5, 0.6) is 11.5 Å². The van der Waals surface area contributed by atoms with Crippen LogP contribution in [0.4, 0.5) is 0 Å². The summed E-state index contributed by atoms with van der Waals surface area (Å²) in [7, 11) is 1.67. The van der Waals surface area contributed by atoms with Gasteiger partial charge in [-0.2, -0.15) is 0 Å². The molecular formula is C21H35IN4O2. The molecule has 28 heavy (non-hydrogen) atoms. The Labute approximate surface area is 186 Å². The second-order valence-corrected chi connectivity index (χ2v) is 7.43. The number of halogens is 1. The molecule has 1 N–H and O–H groups in total. The summed E-state index contributed by atoms with van der Waals surface area (Å²) < 4.78 is 11.3. The number of hydrogen-bond donors (Lipinski definition) is 1. The van der Waals surface area contributed by atoms with Crippen LogP contribution in [0.15, 0.2) is 29.3 Å². The van der Waals surface area contributed by atoms with Crippen LogP contribution in [-0.4, -0.2) is 74.3 Å². The summed E-state index contributed by atoms with van der Waals surface area (Å²) in [5.74, 6) is 2.64. The molecule has 0 amide bonds. The quantitative estimate of drug-likeness (QED) is 0.353. The van der Waals surface area contributed by atoms with Gasteiger partial charge < -0.3 is 19.7 Å². The Bertz CT molecular complexity index is 622. The molecule has 1 aromatic carbocycles. The van der Waals surface area contributed by atoms with Crippen molar-refractivity contribution in [1.29, 1.82) is 0 Å². The number of aliphatic imine (C=N–C) groups is 1. The number of nitrogens with one attached hydrogen (secondary N) is 1. The molecule has 0 saturated carbocycles. The molecule has 1 aromatic rings.